The molecule has 7 nitrogen and oxygen atoms in total. The van der Waals surface area contributed by atoms with Gasteiger partial charge in [0.15, 0.2) is 5.78 Å². The van der Waals surface area contributed by atoms with Crippen molar-refractivity contribution < 1.29 is 14.7 Å². The number of nitrogens with zero attached hydrogens (tertiary/aromatic N) is 4. The standard InChI is InChI=1S/C30H35ClN4O3/c1-21-17-30(20-35(21)26-7-4-24(18-32)27(31)16-26)10-14-34(15-11-30)25-5-2-22(3-6-25)29(38)23-8-12-33(13-9-23)19-28(36)37/h2-7,16,21,23H,8-15,17,19-20H2,1H3,(H,36,37)/t21-/m0/s1. The molecule has 0 aromatic heterocycles. The van der Waals surface area contributed by atoms with Gasteiger partial charge >= 0.3 is 5.97 Å². The molecule has 3 aliphatic rings. The van der Waals surface area contributed by atoms with Crippen LogP contribution in [0.3, 0.4) is 0 Å². The molecule has 200 valence electrons. The molecule has 3 heterocycles. The summed E-state index contributed by atoms with van der Waals surface area (Å²) in [5.41, 5.74) is 3.80. The van der Waals surface area contributed by atoms with Crippen LogP contribution >= 0.6 is 11.6 Å². The van der Waals surface area contributed by atoms with Gasteiger partial charge in [0.1, 0.15) is 6.07 Å². The maximum absolute atomic E-state index is 13.0. The lowest BCUT2D eigenvalue weighted by atomic mass is 9.76. The number of ketones is 1. The van der Waals surface area contributed by atoms with Crippen molar-refractivity contribution in [2.24, 2.45) is 11.3 Å². The molecule has 0 aliphatic carbocycles. The zero-order valence-electron chi connectivity index (χ0n) is 21.9. The number of halogens is 1. The molecule has 0 unspecified atom stereocenters. The van der Waals surface area contributed by atoms with Gasteiger partial charge in [-0.15, -0.1) is 0 Å². The van der Waals surface area contributed by atoms with E-state index in [2.05, 4.69) is 34.9 Å². The first-order valence-electron chi connectivity index (χ1n) is 13.6. The van der Waals surface area contributed by atoms with E-state index in [0.29, 0.717) is 42.6 Å². The van der Waals surface area contributed by atoms with Crippen LogP contribution in [0.5, 0.6) is 0 Å². The number of carboxylic acids is 1. The fraction of sp³-hybridized carbons (Fsp3) is 0.500. The number of hydrogen-bond donors (Lipinski definition) is 1. The Morgan fingerprint density at radius 2 is 1.71 bits per heavy atom. The van der Waals surface area contributed by atoms with Crippen LogP contribution < -0.4 is 9.80 Å². The molecule has 0 radical (unpaired) electrons. The average Bonchev–Trinajstić information content (AvgIpc) is 3.24. The number of nitriles is 1. The fourth-order valence-electron chi connectivity index (χ4n) is 6.66. The van der Waals surface area contributed by atoms with Gasteiger partial charge < -0.3 is 14.9 Å². The molecule has 2 aromatic rings. The highest BCUT2D eigenvalue weighted by Gasteiger charge is 2.44. The number of aliphatic carboxylic acids is 1. The van der Waals surface area contributed by atoms with Gasteiger partial charge in [-0.3, -0.25) is 14.5 Å². The van der Waals surface area contributed by atoms with E-state index in [1.54, 1.807) is 0 Å². The summed E-state index contributed by atoms with van der Waals surface area (Å²) < 4.78 is 0. The summed E-state index contributed by atoms with van der Waals surface area (Å²) in [6, 6.07) is 16.4. The van der Waals surface area contributed by atoms with Crippen molar-refractivity contribution >= 4 is 34.7 Å². The Morgan fingerprint density at radius 3 is 2.32 bits per heavy atom. The second kappa shape index (κ2) is 11.0. The predicted octanol–water partition coefficient (Wildman–Crippen LogP) is 5.08. The van der Waals surface area contributed by atoms with Crippen LogP contribution in [0.25, 0.3) is 0 Å². The lowest BCUT2D eigenvalue weighted by Gasteiger charge is -2.40. The topological polar surface area (TPSA) is 87.9 Å². The van der Waals surface area contributed by atoms with E-state index in [1.807, 2.05) is 35.2 Å². The quantitative estimate of drug-likeness (QED) is 0.517. The summed E-state index contributed by atoms with van der Waals surface area (Å²) >= 11 is 6.32. The molecule has 3 aliphatic heterocycles. The van der Waals surface area contributed by atoms with E-state index in [9.17, 15) is 14.9 Å². The second-order valence-electron chi connectivity index (χ2n) is 11.3. The summed E-state index contributed by atoms with van der Waals surface area (Å²) in [4.78, 5) is 30.7. The molecule has 0 saturated carbocycles. The van der Waals surface area contributed by atoms with E-state index >= 15 is 0 Å². The van der Waals surface area contributed by atoms with Gasteiger partial charge in [-0.2, -0.15) is 5.26 Å². The molecule has 8 heteroatoms. The first-order valence-corrected chi connectivity index (χ1v) is 13.9. The highest BCUT2D eigenvalue weighted by atomic mass is 35.5. The van der Waals surface area contributed by atoms with E-state index in [1.165, 1.54) is 0 Å². The number of rotatable bonds is 6. The summed E-state index contributed by atoms with van der Waals surface area (Å²) in [5, 5.41) is 18.7. The smallest absolute Gasteiger partial charge is 0.317 e. The SMILES string of the molecule is C[C@H]1CC2(CCN(c3ccc(C(=O)C4CCN(CC(=O)O)CC4)cc3)CC2)CN1c1ccc(C#N)c(Cl)c1. The normalized spacial score (nSPS) is 22.0. The molecule has 1 atom stereocenters. The third kappa shape index (κ3) is 5.52. The molecule has 38 heavy (non-hydrogen) atoms. The van der Waals surface area contributed by atoms with E-state index in [-0.39, 0.29) is 23.7 Å². The van der Waals surface area contributed by atoms with Crippen molar-refractivity contribution in [1.29, 1.82) is 5.26 Å². The third-order valence-electron chi connectivity index (χ3n) is 8.83. The van der Waals surface area contributed by atoms with Crippen molar-refractivity contribution in [3.8, 4) is 6.07 Å². The van der Waals surface area contributed by atoms with Crippen molar-refractivity contribution in [2.75, 3.05) is 49.1 Å². The van der Waals surface area contributed by atoms with Gasteiger partial charge in [-0.1, -0.05) is 11.6 Å². The Morgan fingerprint density at radius 1 is 1.05 bits per heavy atom. The number of carboxylic acid groups (broad SMARTS) is 1. The zero-order chi connectivity index (χ0) is 26.9. The second-order valence-corrected chi connectivity index (χ2v) is 11.7. The molecule has 3 saturated heterocycles. The molecular formula is C30H35ClN4O3. The van der Waals surface area contributed by atoms with Gasteiger partial charge in [-0.25, -0.2) is 0 Å². The molecule has 0 amide bonds. The first-order chi connectivity index (χ1) is 18.3. The minimum Gasteiger partial charge on any atom is -0.480 e. The Kier molecular flexibility index (Phi) is 7.65. The Hall–Kier alpha value is -3.08. The summed E-state index contributed by atoms with van der Waals surface area (Å²) in [7, 11) is 0. The van der Waals surface area contributed by atoms with Crippen molar-refractivity contribution in [1.82, 2.24) is 4.90 Å². The van der Waals surface area contributed by atoms with Crippen LogP contribution in [0, 0.1) is 22.7 Å². The van der Waals surface area contributed by atoms with Crippen molar-refractivity contribution in [3.05, 3.63) is 58.6 Å². The monoisotopic (exact) mass is 534 g/mol. The first kappa shape index (κ1) is 26.5. The van der Waals surface area contributed by atoms with Crippen LogP contribution in [0.1, 0.15) is 54.9 Å². The number of piperidine rings is 2. The number of benzene rings is 2. The summed E-state index contributed by atoms with van der Waals surface area (Å²) in [6.07, 6.45) is 4.82. The fourth-order valence-corrected chi connectivity index (χ4v) is 6.87. The minimum atomic E-state index is -0.815. The molecule has 2 aromatic carbocycles. The van der Waals surface area contributed by atoms with Crippen molar-refractivity contribution in [3.63, 3.8) is 0 Å². The van der Waals surface area contributed by atoms with Crippen LogP contribution in [0.2, 0.25) is 5.02 Å². The average molecular weight is 535 g/mol. The van der Waals surface area contributed by atoms with Crippen molar-refractivity contribution in [2.45, 2.75) is 45.1 Å². The number of carbonyl (C=O) groups is 2. The van der Waals surface area contributed by atoms with Gasteiger partial charge in [0.2, 0.25) is 0 Å². The molecular weight excluding hydrogens is 500 g/mol. The van der Waals surface area contributed by atoms with E-state index in [4.69, 9.17) is 16.7 Å². The predicted molar refractivity (Wildman–Crippen MR) is 149 cm³/mol. The highest BCUT2D eigenvalue weighted by molar-refractivity contribution is 6.32. The lowest BCUT2D eigenvalue weighted by molar-refractivity contribution is -0.138. The number of likely N-dealkylation sites (tertiary alicyclic amines) is 1. The number of hydrogen-bond acceptors (Lipinski definition) is 6. The summed E-state index contributed by atoms with van der Waals surface area (Å²) in [5.74, 6) is -0.670. The lowest BCUT2D eigenvalue weighted by Crippen LogP contribution is -2.41. The van der Waals surface area contributed by atoms with Crippen LogP contribution in [-0.2, 0) is 4.79 Å². The maximum Gasteiger partial charge on any atom is 0.317 e. The summed E-state index contributed by atoms with van der Waals surface area (Å²) in [6.45, 7) is 6.62. The molecule has 5 rings (SSSR count). The Bertz CT molecular complexity index is 1230. The molecule has 1 N–H and O–H groups in total. The van der Waals surface area contributed by atoms with Crippen LogP contribution in [0.15, 0.2) is 42.5 Å². The van der Waals surface area contributed by atoms with Crippen LogP contribution in [-0.4, -0.2) is 67.1 Å². The van der Waals surface area contributed by atoms with Crippen LogP contribution in [0.4, 0.5) is 11.4 Å². The Balaban J connectivity index is 1.16. The largest absolute Gasteiger partial charge is 0.480 e. The van der Waals surface area contributed by atoms with Gasteiger partial charge in [0.05, 0.1) is 17.1 Å². The number of anilines is 2. The highest BCUT2D eigenvalue weighted by Crippen LogP contribution is 2.46. The Labute approximate surface area is 229 Å². The molecule has 1 spiro atoms. The number of carbonyl (C=O) groups excluding carboxylic acids is 1. The zero-order valence-corrected chi connectivity index (χ0v) is 22.7. The minimum absolute atomic E-state index is 0.0287. The van der Waals surface area contributed by atoms with Gasteiger partial charge in [-0.05, 0) is 100.0 Å². The molecule has 3 fully saturated rings. The third-order valence-corrected chi connectivity index (χ3v) is 9.14. The van der Waals surface area contributed by atoms with Gasteiger partial charge in [0.25, 0.3) is 0 Å². The maximum atomic E-state index is 13.0. The number of Topliss-reactive ketones (excluding diaryl/α,β-unsaturated/α-hetero) is 1. The van der Waals surface area contributed by atoms with E-state index in [0.717, 1.165) is 55.8 Å². The van der Waals surface area contributed by atoms with E-state index < -0.39 is 5.97 Å². The molecule has 0 bridgehead atoms. The van der Waals surface area contributed by atoms with Gasteiger partial charge in [0, 0.05) is 48.5 Å².